The number of nitrogens with zero attached hydrogens (tertiary/aromatic N) is 2. The average molecular weight is 625 g/mol. The number of nitrogens with one attached hydrogen (secondary N) is 1. The molecule has 0 aliphatic rings. The van der Waals surface area contributed by atoms with Crippen molar-refractivity contribution in [3.8, 4) is 0 Å². The van der Waals surface area contributed by atoms with E-state index >= 15 is 0 Å². The van der Waals surface area contributed by atoms with Crippen LogP contribution >= 0.6 is 34.8 Å². The predicted molar refractivity (Wildman–Crippen MR) is 162 cm³/mol. The second-order valence-electron chi connectivity index (χ2n) is 9.57. The molecule has 0 unspecified atom stereocenters. The lowest BCUT2D eigenvalue weighted by Crippen LogP contribution is -2.52. The number of carbonyl (C=O) groups excluding carboxylic acids is 2. The van der Waals surface area contributed by atoms with Gasteiger partial charge in [0.1, 0.15) is 12.6 Å². The van der Waals surface area contributed by atoms with E-state index in [1.807, 2.05) is 20.8 Å². The number of aryl methyl sites for hydroxylation is 1. The topological polar surface area (TPSA) is 86.8 Å². The van der Waals surface area contributed by atoms with Crippen LogP contribution in [0, 0.1) is 6.92 Å². The van der Waals surface area contributed by atoms with E-state index in [0.717, 1.165) is 9.87 Å². The molecular weight excluding hydrogens is 593 g/mol. The van der Waals surface area contributed by atoms with E-state index in [0.29, 0.717) is 32.7 Å². The lowest BCUT2D eigenvalue weighted by atomic mass is 10.1. The van der Waals surface area contributed by atoms with Crippen LogP contribution in [0.3, 0.4) is 0 Å². The summed E-state index contributed by atoms with van der Waals surface area (Å²) in [5.41, 5.74) is 1.86. The van der Waals surface area contributed by atoms with Gasteiger partial charge in [-0.25, -0.2) is 8.42 Å². The molecule has 2 amide bonds. The maximum Gasteiger partial charge on any atom is 0.264 e. The third kappa shape index (κ3) is 7.91. The van der Waals surface area contributed by atoms with Crippen molar-refractivity contribution in [3.63, 3.8) is 0 Å². The zero-order chi connectivity index (χ0) is 29.6. The van der Waals surface area contributed by atoms with E-state index in [9.17, 15) is 18.0 Å². The van der Waals surface area contributed by atoms with Gasteiger partial charge in [0, 0.05) is 17.6 Å². The van der Waals surface area contributed by atoms with Crippen molar-refractivity contribution in [1.29, 1.82) is 0 Å². The lowest BCUT2D eigenvalue weighted by Gasteiger charge is -2.32. The quantitative estimate of drug-likeness (QED) is 0.265. The molecule has 0 bridgehead atoms. The molecule has 2 atom stereocenters. The zero-order valence-corrected chi connectivity index (χ0v) is 25.8. The van der Waals surface area contributed by atoms with Crippen LogP contribution in [0.5, 0.6) is 0 Å². The number of hydrogen-bond acceptors (Lipinski definition) is 4. The van der Waals surface area contributed by atoms with E-state index in [2.05, 4.69) is 5.32 Å². The predicted octanol–water partition coefficient (Wildman–Crippen LogP) is 6.48. The smallest absolute Gasteiger partial charge is 0.264 e. The Morgan fingerprint density at radius 2 is 1.52 bits per heavy atom. The highest BCUT2D eigenvalue weighted by Gasteiger charge is 2.32. The minimum absolute atomic E-state index is 0.00749. The summed E-state index contributed by atoms with van der Waals surface area (Å²) in [6, 6.07) is 16.4. The Balaban J connectivity index is 2.03. The van der Waals surface area contributed by atoms with Crippen LogP contribution in [-0.4, -0.2) is 43.8 Å². The summed E-state index contributed by atoms with van der Waals surface area (Å²) >= 11 is 18.3. The van der Waals surface area contributed by atoms with Gasteiger partial charge in [-0.1, -0.05) is 65.5 Å². The molecule has 0 aromatic heterocycles. The molecular formula is C29H32Cl3N3O4S. The molecule has 0 spiro atoms. The fraction of sp³-hybridized carbons (Fsp3) is 0.310. The van der Waals surface area contributed by atoms with E-state index in [1.165, 1.54) is 29.2 Å². The Labute approximate surface area is 251 Å². The number of carbonyl (C=O) groups is 2. The molecule has 3 aromatic rings. The molecule has 0 saturated carbocycles. The number of anilines is 1. The molecule has 40 heavy (non-hydrogen) atoms. The highest BCUT2D eigenvalue weighted by Crippen LogP contribution is 2.27. The molecule has 0 heterocycles. The normalized spacial score (nSPS) is 12.9. The molecule has 3 rings (SSSR count). The Kier molecular flexibility index (Phi) is 10.9. The fourth-order valence-electron chi connectivity index (χ4n) is 3.86. The second kappa shape index (κ2) is 13.7. The Hall–Kier alpha value is -2.78. The number of amides is 2. The molecule has 0 saturated heterocycles. The van der Waals surface area contributed by atoms with Crippen molar-refractivity contribution in [2.45, 2.75) is 57.6 Å². The van der Waals surface area contributed by atoms with E-state index < -0.39 is 28.5 Å². The third-order valence-electron chi connectivity index (χ3n) is 6.51. The van der Waals surface area contributed by atoms with Crippen molar-refractivity contribution in [1.82, 2.24) is 10.2 Å². The van der Waals surface area contributed by atoms with E-state index in [4.69, 9.17) is 34.8 Å². The van der Waals surface area contributed by atoms with Gasteiger partial charge in [-0.3, -0.25) is 13.9 Å². The summed E-state index contributed by atoms with van der Waals surface area (Å²) in [5, 5.41) is 3.93. The van der Waals surface area contributed by atoms with Crippen LogP contribution in [0.2, 0.25) is 15.1 Å². The van der Waals surface area contributed by atoms with Crippen LogP contribution in [0.4, 0.5) is 5.69 Å². The van der Waals surface area contributed by atoms with E-state index in [-0.39, 0.29) is 23.4 Å². The Morgan fingerprint density at radius 3 is 2.10 bits per heavy atom. The van der Waals surface area contributed by atoms with Gasteiger partial charge in [-0.2, -0.15) is 0 Å². The molecule has 1 N–H and O–H groups in total. The maximum atomic E-state index is 13.9. The second-order valence-corrected chi connectivity index (χ2v) is 12.7. The molecule has 0 fully saturated rings. The number of sulfonamides is 1. The summed E-state index contributed by atoms with van der Waals surface area (Å²) in [4.78, 5) is 28.4. The first-order valence-electron chi connectivity index (χ1n) is 12.7. The minimum atomic E-state index is -4.18. The van der Waals surface area contributed by atoms with Crippen LogP contribution < -0.4 is 9.62 Å². The number of rotatable bonds is 11. The van der Waals surface area contributed by atoms with Crippen LogP contribution in [0.15, 0.2) is 71.6 Å². The standard InChI is InChI=1S/C29H32Cl3N3O4S/c1-5-20(3)33-29(37)21(4)34(17-22-8-15-26(31)27(32)16-22)28(36)18-35(24-11-6-19(2)7-12-24)40(38,39)25-13-9-23(30)10-14-25/h6-16,20-21H,5,17-18H2,1-4H3,(H,33,37)/t20-,21-/m1/s1. The number of halogens is 3. The van der Waals surface area contributed by atoms with Crippen molar-refractivity contribution in [2.24, 2.45) is 0 Å². The molecule has 0 aliphatic carbocycles. The van der Waals surface area contributed by atoms with Crippen LogP contribution in [0.25, 0.3) is 0 Å². The zero-order valence-electron chi connectivity index (χ0n) is 22.7. The Morgan fingerprint density at radius 1 is 0.900 bits per heavy atom. The molecule has 0 radical (unpaired) electrons. The molecule has 0 aliphatic heterocycles. The molecule has 214 valence electrons. The summed E-state index contributed by atoms with van der Waals surface area (Å²) in [6.07, 6.45) is 0.708. The molecule has 11 heteroatoms. The van der Waals surface area contributed by atoms with E-state index in [1.54, 1.807) is 49.4 Å². The summed E-state index contributed by atoms with van der Waals surface area (Å²) in [7, 11) is -4.18. The largest absolute Gasteiger partial charge is 0.352 e. The van der Waals surface area contributed by atoms with Gasteiger partial charge in [0.2, 0.25) is 11.8 Å². The average Bonchev–Trinajstić information content (AvgIpc) is 2.92. The number of hydrogen-bond donors (Lipinski definition) is 1. The third-order valence-corrected chi connectivity index (χ3v) is 9.29. The number of benzene rings is 3. The van der Waals surface area contributed by atoms with Gasteiger partial charge in [-0.15, -0.1) is 0 Å². The van der Waals surface area contributed by atoms with Gasteiger partial charge in [0.15, 0.2) is 0 Å². The van der Waals surface area contributed by atoms with Crippen molar-refractivity contribution in [2.75, 3.05) is 10.8 Å². The highest BCUT2D eigenvalue weighted by molar-refractivity contribution is 7.92. The SMILES string of the molecule is CC[C@@H](C)NC(=O)[C@@H](C)N(Cc1ccc(Cl)c(Cl)c1)C(=O)CN(c1ccc(C)cc1)S(=O)(=O)c1ccc(Cl)cc1. The summed E-state index contributed by atoms with van der Waals surface area (Å²) < 4.78 is 28.7. The first-order valence-corrected chi connectivity index (χ1v) is 15.3. The van der Waals surface area contributed by atoms with Crippen molar-refractivity contribution in [3.05, 3.63) is 92.9 Å². The van der Waals surface area contributed by atoms with Crippen molar-refractivity contribution >= 4 is 62.3 Å². The monoisotopic (exact) mass is 623 g/mol. The first kappa shape index (κ1) is 31.7. The van der Waals surface area contributed by atoms with Gasteiger partial charge < -0.3 is 10.2 Å². The Bertz CT molecular complexity index is 1450. The fourth-order valence-corrected chi connectivity index (χ4v) is 5.72. The van der Waals surface area contributed by atoms with Gasteiger partial charge >= 0.3 is 0 Å². The summed E-state index contributed by atoms with van der Waals surface area (Å²) in [5.74, 6) is -0.929. The minimum Gasteiger partial charge on any atom is -0.352 e. The first-order chi connectivity index (χ1) is 18.8. The molecule has 7 nitrogen and oxygen atoms in total. The maximum absolute atomic E-state index is 13.9. The molecule has 3 aromatic carbocycles. The van der Waals surface area contributed by atoms with Crippen molar-refractivity contribution < 1.29 is 18.0 Å². The lowest BCUT2D eigenvalue weighted by molar-refractivity contribution is -0.139. The van der Waals surface area contributed by atoms with Gasteiger partial charge in [0.25, 0.3) is 10.0 Å². The van der Waals surface area contributed by atoms with Crippen LogP contribution in [0.1, 0.15) is 38.3 Å². The summed E-state index contributed by atoms with van der Waals surface area (Å²) in [6.45, 7) is 6.76. The van der Waals surface area contributed by atoms with Gasteiger partial charge in [-0.05, 0) is 81.3 Å². The van der Waals surface area contributed by atoms with Gasteiger partial charge in [0.05, 0.1) is 20.6 Å². The highest BCUT2D eigenvalue weighted by atomic mass is 35.5. The van der Waals surface area contributed by atoms with Crippen LogP contribution in [-0.2, 0) is 26.2 Å².